The van der Waals surface area contributed by atoms with E-state index in [2.05, 4.69) is 15.0 Å². The number of aromatic nitrogens is 4. The van der Waals surface area contributed by atoms with Crippen molar-refractivity contribution in [2.24, 2.45) is 0 Å². The molecular formula is C13H10F2N4. The number of fused-ring (bicyclic) bond motifs is 1. The lowest BCUT2D eigenvalue weighted by Crippen LogP contribution is -2.01. The van der Waals surface area contributed by atoms with Gasteiger partial charge >= 0.3 is 0 Å². The third-order valence-electron chi connectivity index (χ3n) is 2.88. The SMILES string of the molecule is Cc1nc(-c2cnc3ccc(F)cn23)nc(C)c1F. The van der Waals surface area contributed by atoms with E-state index in [1.807, 2.05) is 0 Å². The average Bonchev–Trinajstić information content (AvgIpc) is 2.78. The molecule has 3 aromatic heterocycles. The van der Waals surface area contributed by atoms with E-state index < -0.39 is 5.82 Å². The average molecular weight is 260 g/mol. The Labute approximate surface area is 107 Å². The van der Waals surface area contributed by atoms with E-state index in [9.17, 15) is 8.78 Å². The summed E-state index contributed by atoms with van der Waals surface area (Å²) in [5, 5.41) is 0. The van der Waals surface area contributed by atoms with E-state index in [1.165, 1.54) is 12.3 Å². The summed E-state index contributed by atoms with van der Waals surface area (Å²) in [5.41, 5.74) is 1.63. The summed E-state index contributed by atoms with van der Waals surface area (Å²) in [6.07, 6.45) is 2.84. The van der Waals surface area contributed by atoms with Crippen molar-refractivity contribution < 1.29 is 8.78 Å². The predicted molar refractivity (Wildman–Crippen MR) is 65.6 cm³/mol. The van der Waals surface area contributed by atoms with Crippen LogP contribution in [0.1, 0.15) is 11.4 Å². The van der Waals surface area contributed by atoms with Crippen molar-refractivity contribution in [3.05, 3.63) is 47.5 Å². The molecule has 0 radical (unpaired) electrons. The van der Waals surface area contributed by atoms with Crippen molar-refractivity contribution in [1.82, 2.24) is 19.4 Å². The molecule has 0 unspecified atom stereocenters. The van der Waals surface area contributed by atoms with Gasteiger partial charge in [0.05, 0.1) is 17.6 Å². The highest BCUT2D eigenvalue weighted by Crippen LogP contribution is 2.19. The van der Waals surface area contributed by atoms with Crippen molar-refractivity contribution >= 4 is 5.65 Å². The monoisotopic (exact) mass is 260 g/mol. The molecule has 3 heterocycles. The van der Waals surface area contributed by atoms with Crippen LogP contribution in [0.3, 0.4) is 0 Å². The standard InChI is InChI=1S/C13H10F2N4/c1-7-12(15)8(2)18-13(17-7)10-5-16-11-4-3-9(14)6-19(10)11/h3-6H,1-2H3. The quantitative estimate of drug-likeness (QED) is 0.675. The number of hydrogen-bond donors (Lipinski definition) is 0. The number of imidazole rings is 1. The van der Waals surface area contributed by atoms with Gasteiger partial charge in [0, 0.05) is 6.20 Å². The predicted octanol–water partition coefficient (Wildman–Crippen LogP) is 2.69. The Kier molecular flexibility index (Phi) is 2.51. The van der Waals surface area contributed by atoms with Crippen LogP contribution < -0.4 is 0 Å². The van der Waals surface area contributed by atoms with Gasteiger partial charge < -0.3 is 0 Å². The molecule has 0 aliphatic rings. The van der Waals surface area contributed by atoms with Gasteiger partial charge in [0.2, 0.25) is 0 Å². The molecule has 0 atom stereocenters. The molecule has 0 bridgehead atoms. The first-order valence-electron chi connectivity index (χ1n) is 5.70. The van der Waals surface area contributed by atoms with E-state index in [0.29, 0.717) is 17.2 Å². The van der Waals surface area contributed by atoms with Crippen LogP contribution in [-0.4, -0.2) is 19.4 Å². The Morgan fingerprint density at radius 1 is 1.05 bits per heavy atom. The van der Waals surface area contributed by atoms with Crippen LogP contribution in [0.4, 0.5) is 8.78 Å². The van der Waals surface area contributed by atoms with Crippen molar-refractivity contribution in [3.63, 3.8) is 0 Å². The Morgan fingerprint density at radius 3 is 2.42 bits per heavy atom. The summed E-state index contributed by atoms with van der Waals surface area (Å²) in [5.74, 6) is -0.486. The summed E-state index contributed by atoms with van der Waals surface area (Å²) in [6, 6.07) is 2.89. The van der Waals surface area contributed by atoms with E-state index >= 15 is 0 Å². The maximum Gasteiger partial charge on any atom is 0.178 e. The first-order chi connectivity index (χ1) is 9.06. The van der Waals surface area contributed by atoms with Gasteiger partial charge in [-0.2, -0.15) is 0 Å². The Balaban J connectivity index is 2.27. The molecule has 0 spiro atoms. The number of halogens is 2. The lowest BCUT2D eigenvalue weighted by atomic mass is 10.3. The number of rotatable bonds is 1. The minimum atomic E-state index is -0.427. The largest absolute Gasteiger partial charge is 0.294 e. The summed E-state index contributed by atoms with van der Waals surface area (Å²) >= 11 is 0. The zero-order valence-corrected chi connectivity index (χ0v) is 10.4. The van der Waals surface area contributed by atoms with Crippen LogP contribution in [0.15, 0.2) is 24.5 Å². The molecule has 0 fully saturated rings. The molecule has 4 nitrogen and oxygen atoms in total. The fraction of sp³-hybridized carbons (Fsp3) is 0.154. The van der Waals surface area contributed by atoms with Crippen molar-refractivity contribution in [1.29, 1.82) is 0 Å². The van der Waals surface area contributed by atoms with Gasteiger partial charge in [-0.1, -0.05) is 0 Å². The van der Waals surface area contributed by atoms with Gasteiger partial charge in [0.1, 0.15) is 17.2 Å². The highest BCUT2D eigenvalue weighted by molar-refractivity contribution is 5.57. The molecule has 19 heavy (non-hydrogen) atoms. The summed E-state index contributed by atoms with van der Waals surface area (Å²) < 4.78 is 28.3. The lowest BCUT2D eigenvalue weighted by molar-refractivity contribution is 0.590. The Morgan fingerprint density at radius 2 is 1.74 bits per heavy atom. The molecule has 0 N–H and O–H groups in total. The van der Waals surface area contributed by atoms with Gasteiger partial charge in [-0.15, -0.1) is 0 Å². The first-order valence-corrected chi connectivity index (χ1v) is 5.70. The number of pyridine rings is 1. The van der Waals surface area contributed by atoms with Crippen molar-refractivity contribution in [2.75, 3.05) is 0 Å². The summed E-state index contributed by atoms with van der Waals surface area (Å²) in [7, 11) is 0. The highest BCUT2D eigenvalue weighted by Gasteiger charge is 2.13. The second-order valence-electron chi connectivity index (χ2n) is 4.25. The van der Waals surface area contributed by atoms with Crippen molar-refractivity contribution in [2.45, 2.75) is 13.8 Å². The molecule has 0 aliphatic heterocycles. The van der Waals surface area contributed by atoms with Gasteiger partial charge in [0.25, 0.3) is 0 Å². The maximum atomic E-state index is 13.5. The molecule has 0 saturated heterocycles. The van der Waals surface area contributed by atoms with Gasteiger partial charge in [-0.3, -0.25) is 4.40 Å². The van der Waals surface area contributed by atoms with Crippen LogP contribution in [0, 0.1) is 25.5 Å². The van der Waals surface area contributed by atoms with Crippen LogP contribution in [0.5, 0.6) is 0 Å². The zero-order valence-electron chi connectivity index (χ0n) is 10.4. The Bertz CT molecular complexity index is 756. The topological polar surface area (TPSA) is 43.1 Å². The molecule has 0 aromatic carbocycles. The normalized spacial score (nSPS) is 11.2. The number of aryl methyl sites for hydroxylation is 2. The van der Waals surface area contributed by atoms with E-state index in [4.69, 9.17) is 0 Å². The molecule has 0 aliphatic carbocycles. The van der Waals surface area contributed by atoms with Crippen molar-refractivity contribution in [3.8, 4) is 11.5 Å². The third kappa shape index (κ3) is 1.85. The minimum absolute atomic E-state index is 0.258. The molecule has 0 saturated carbocycles. The van der Waals surface area contributed by atoms with Gasteiger partial charge in [0.15, 0.2) is 11.6 Å². The smallest absolute Gasteiger partial charge is 0.178 e. The zero-order chi connectivity index (χ0) is 13.6. The number of hydrogen-bond acceptors (Lipinski definition) is 3. The molecule has 3 aromatic rings. The lowest BCUT2D eigenvalue weighted by Gasteiger charge is -2.05. The fourth-order valence-corrected chi connectivity index (χ4v) is 1.94. The molecule has 6 heteroatoms. The van der Waals surface area contributed by atoms with Gasteiger partial charge in [-0.25, -0.2) is 23.7 Å². The minimum Gasteiger partial charge on any atom is -0.294 e. The molecular weight excluding hydrogens is 250 g/mol. The van der Waals surface area contributed by atoms with Crippen LogP contribution in [0.2, 0.25) is 0 Å². The molecule has 96 valence electrons. The van der Waals surface area contributed by atoms with Gasteiger partial charge in [-0.05, 0) is 26.0 Å². The molecule has 0 amide bonds. The molecule has 3 rings (SSSR count). The van der Waals surface area contributed by atoms with Crippen LogP contribution >= 0.6 is 0 Å². The maximum absolute atomic E-state index is 13.5. The van der Waals surface area contributed by atoms with Crippen LogP contribution in [-0.2, 0) is 0 Å². The fourth-order valence-electron chi connectivity index (χ4n) is 1.94. The first kappa shape index (κ1) is 11.7. The van der Waals surface area contributed by atoms with E-state index in [0.717, 1.165) is 0 Å². The summed E-state index contributed by atoms with van der Waals surface area (Å²) in [6.45, 7) is 3.13. The third-order valence-corrected chi connectivity index (χ3v) is 2.88. The second-order valence-corrected chi connectivity index (χ2v) is 4.25. The summed E-state index contributed by atoms with van der Waals surface area (Å²) in [4.78, 5) is 12.3. The number of nitrogens with zero attached hydrogens (tertiary/aromatic N) is 4. The van der Waals surface area contributed by atoms with E-state index in [1.54, 1.807) is 30.5 Å². The Hall–Kier alpha value is -2.37. The second kappa shape index (κ2) is 4.08. The van der Waals surface area contributed by atoms with E-state index in [-0.39, 0.29) is 17.2 Å². The van der Waals surface area contributed by atoms with Crippen LogP contribution in [0.25, 0.3) is 17.2 Å². The highest BCUT2D eigenvalue weighted by atomic mass is 19.1.